The quantitative estimate of drug-likeness (QED) is 0.488. The molecule has 1 atom stereocenters. The lowest BCUT2D eigenvalue weighted by Crippen LogP contribution is -2.48. The highest BCUT2D eigenvalue weighted by atomic mass is 35.5. The second-order valence-corrected chi connectivity index (χ2v) is 6.81. The van der Waals surface area contributed by atoms with Crippen LogP contribution in [0.2, 0.25) is 5.02 Å². The minimum absolute atomic E-state index is 0.00675. The molecule has 0 aliphatic carbocycles. The topological polar surface area (TPSA) is 100 Å². The van der Waals surface area contributed by atoms with Gasteiger partial charge < -0.3 is 15.2 Å². The van der Waals surface area contributed by atoms with Crippen LogP contribution in [0.15, 0.2) is 47.6 Å². The first-order valence-corrected chi connectivity index (χ1v) is 8.96. The van der Waals surface area contributed by atoms with Crippen molar-refractivity contribution in [1.82, 2.24) is 10.7 Å². The molecule has 0 aromatic heterocycles. The number of nitrogens with zero attached hydrogens (tertiary/aromatic N) is 1. The summed E-state index contributed by atoms with van der Waals surface area (Å²) in [5, 5.41) is 16.6. The Balaban J connectivity index is 2.03. The average molecular weight is 404 g/mol. The fourth-order valence-corrected chi connectivity index (χ4v) is 2.59. The lowest BCUT2D eigenvalue weighted by Gasteiger charge is -2.20. The van der Waals surface area contributed by atoms with Gasteiger partial charge in [0.25, 0.3) is 11.8 Å². The Morgan fingerprint density at radius 2 is 1.96 bits per heavy atom. The van der Waals surface area contributed by atoms with Crippen molar-refractivity contribution in [2.24, 2.45) is 11.0 Å². The van der Waals surface area contributed by atoms with Crippen molar-refractivity contribution in [1.29, 1.82) is 0 Å². The number of phenols is 1. The summed E-state index contributed by atoms with van der Waals surface area (Å²) in [5.41, 5.74) is 3.41. The molecule has 148 valence electrons. The average Bonchev–Trinajstić information content (AvgIpc) is 2.66. The number of benzene rings is 2. The van der Waals surface area contributed by atoms with Crippen LogP contribution in [0.3, 0.4) is 0 Å². The number of aromatic hydroxyl groups is 1. The third-order valence-electron chi connectivity index (χ3n) is 3.91. The van der Waals surface area contributed by atoms with Crippen LogP contribution >= 0.6 is 11.6 Å². The monoisotopic (exact) mass is 403 g/mol. The summed E-state index contributed by atoms with van der Waals surface area (Å²) in [6.07, 6.45) is 1.41. The van der Waals surface area contributed by atoms with E-state index in [1.54, 1.807) is 30.3 Å². The van der Waals surface area contributed by atoms with Gasteiger partial charge in [0.05, 0.1) is 13.3 Å². The van der Waals surface area contributed by atoms with Crippen LogP contribution in [0.25, 0.3) is 0 Å². The standard InChI is InChI=1S/C20H22ClN3O4/c1-12(2)18(23-19(26)14-5-4-6-15(21)10-14)20(27)24-22-11-13-7-8-16(25)17(9-13)28-3/h4-12,18,25H,1-3H3,(H,23,26)(H,24,27). The van der Waals surface area contributed by atoms with Gasteiger partial charge in [-0.05, 0) is 47.9 Å². The first kappa shape index (κ1) is 21.2. The van der Waals surface area contributed by atoms with Crippen LogP contribution in [-0.2, 0) is 4.79 Å². The molecule has 0 fully saturated rings. The summed E-state index contributed by atoms with van der Waals surface area (Å²) in [5.74, 6) is -0.709. The Kier molecular flexibility index (Phi) is 7.40. The smallest absolute Gasteiger partial charge is 0.262 e. The molecule has 0 bridgehead atoms. The summed E-state index contributed by atoms with van der Waals surface area (Å²) >= 11 is 5.91. The number of hydrogen-bond acceptors (Lipinski definition) is 5. The zero-order valence-corrected chi connectivity index (χ0v) is 16.5. The molecular formula is C20H22ClN3O4. The molecule has 28 heavy (non-hydrogen) atoms. The molecule has 0 radical (unpaired) electrons. The van der Waals surface area contributed by atoms with Crippen molar-refractivity contribution in [2.45, 2.75) is 19.9 Å². The molecule has 2 amide bonds. The number of ether oxygens (including phenoxy) is 1. The molecule has 3 N–H and O–H groups in total. The second-order valence-electron chi connectivity index (χ2n) is 6.37. The van der Waals surface area contributed by atoms with Crippen LogP contribution in [0.5, 0.6) is 11.5 Å². The number of nitrogens with one attached hydrogen (secondary N) is 2. The van der Waals surface area contributed by atoms with Gasteiger partial charge in [-0.2, -0.15) is 5.10 Å². The van der Waals surface area contributed by atoms with Crippen molar-refractivity contribution >= 4 is 29.6 Å². The molecule has 2 rings (SSSR count). The maximum atomic E-state index is 12.5. The van der Waals surface area contributed by atoms with E-state index in [0.29, 0.717) is 21.9 Å². The van der Waals surface area contributed by atoms with Crippen molar-refractivity contribution in [3.8, 4) is 11.5 Å². The highest BCUT2D eigenvalue weighted by molar-refractivity contribution is 6.31. The number of rotatable bonds is 7. The van der Waals surface area contributed by atoms with E-state index in [-0.39, 0.29) is 11.7 Å². The summed E-state index contributed by atoms with van der Waals surface area (Å²) < 4.78 is 5.02. The predicted molar refractivity (Wildman–Crippen MR) is 108 cm³/mol. The summed E-state index contributed by atoms with van der Waals surface area (Å²) in [7, 11) is 1.44. The number of carbonyl (C=O) groups excluding carboxylic acids is 2. The minimum Gasteiger partial charge on any atom is -0.504 e. The number of hydrazone groups is 1. The van der Waals surface area contributed by atoms with E-state index in [2.05, 4.69) is 15.8 Å². The maximum absolute atomic E-state index is 12.5. The van der Waals surface area contributed by atoms with E-state index >= 15 is 0 Å². The zero-order valence-electron chi connectivity index (χ0n) is 15.8. The molecule has 0 saturated heterocycles. The number of amides is 2. The molecule has 8 heteroatoms. The highest BCUT2D eigenvalue weighted by Gasteiger charge is 2.24. The fraction of sp³-hybridized carbons (Fsp3) is 0.250. The Morgan fingerprint density at radius 3 is 2.61 bits per heavy atom. The zero-order chi connectivity index (χ0) is 20.7. The van der Waals surface area contributed by atoms with Gasteiger partial charge in [0.2, 0.25) is 0 Å². The van der Waals surface area contributed by atoms with Crippen LogP contribution in [0, 0.1) is 5.92 Å². The largest absolute Gasteiger partial charge is 0.504 e. The third-order valence-corrected chi connectivity index (χ3v) is 4.15. The summed E-state index contributed by atoms with van der Waals surface area (Å²) in [6.45, 7) is 3.63. The number of halogens is 1. The SMILES string of the molecule is COc1cc(C=NNC(=O)C(NC(=O)c2cccc(Cl)c2)C(C)C)ccc1O. The van der Waals surface area contributed by atoms with Crippen molar-refractivity contribution in [3.05, 3.63) is 58.6 Å². The van der Waals surface area contributed by atoms with E-state index in [4.69, 9.17) is 16.3 Å². The molecule has 7 nitrogen and oxygen atoms in total. The molecular weight excluding hydrogens is 382 g/mol. The Morgan fingerprint density at radius 1 is 1.21 bits per heavy atom. The van der Waals surface area contributed by atoms with Crippen molar-refractivity contribution in [2.75, 3.05) is 7.11 Å². The predicted octanol–water partition coefficient (Wildman–Crippen LogP) is 2.96. The van der Waals surface area contributed by atoms with Crippen LogP contribution < -0.4 is 15.5 Å². The minimum atomic E-state index is -0.780. The van der Waals surface area contributed by atoms with E-state index in [1.165, 1.54) is 25.5 Å². The van der Waals surface area contributed by atoms with Gasteiger partial charge in [0.15, 0.2) is 11.5 Å². The number of phenolic OH excluding ortho intramolecular Hbond substituents is 1. The fourth-order valence-electron chi connectivity index (χ4n) is 2.40. The van der Waals surface area contributed by atoms with E-state index in [1.807, 2.05) is 13.8 Å². The Hall–Kier alpha value is -3.06. The number of carbonyl (C=O) groups is 2. The molecule has 2 aromatic rings. The highest BCUT2D eigenvalue weighted by Crippen LogP contribution is 2.25. The van der Waals surface area contributed by atoms with Gasteiger partial charge >= 0.3 is 0 Å². The van der Waals surface area contributed by atoms with Crippen molar-refractivity contribution < 1.29 is 19.4 Å². The molecule has 0 aliphatic rings. The van der Waals surface area contributed by atoms with Gasteiger partial charge in [-0.3, -0.25) is 9.59 Å². The lowest BCUT2D eigenvalue weighted by molar-refractivity contribution is -0.123. The summed E-state index contributed by atoms with van der Waals surface area (Å²) in [4.78, 5) is 24.8. The first-order chi connectivity index (χ1) is 13.3. The molecule has 0 spiro atoms. The van der Waals surface area contributed by atoms with Crippen molar-refractivity contribution in [3.63, 3.8) is 0 Å². The maximum Gasteiger partial charge on any atom is 0.262 e. The van der Waals surface area contributed by atoms with E-state index in [0.717, 1.165) is 0 Å². The number of methoxy groups -OCH3 is 1. The molecule has 0 saturated carbocycles. The van der Waals surface area contributed by atoms with Gasteiger partial charge in [-0.25, -0.2) is 5.43 Å². The molecule has 0 heterocycles. The van der Waals surface area contributed by atoms with E-state index in [9.17, 15) is 14.7 Å². The van der Waals surface area contributed by atoms with Gasteiger partial charge in [-0.15, -0.1) is 0 Å². The van der Waals surface area contributed by atoms with E-state index < -0.39 is 17.9 Å². The normalized spacial score (nSPS) is 12.0. The summed E-state index contributed by atoms with van der Waals surface area (Å²) in [6, 6.07) is 10.4. The molecule has 0 aliphatic heterocycles. The van der Waals surface area contributed by atoms with Gasteiger partial charge in [-0.1, -0.05) is 31.5 Å². The molecule has 2 aromatic carbocycles. The Labute approximate surface area is 168 Å². The van der Waals surface area contributed by atoms with Crippen LogP contribution in [0.1, 0.15) is 29.8 Å². The Bertz CT molecular complexity index is 884. The first-order valence-electron chi connectivity index (χ1n) is 8.58. The number of hydrogen-bond donors (Lipinski definition) is 3. The van der Waals surface area contributed by atoms with Crippen LogP contribution in [0.4, 0.5) is 0 Å². The van der Waals surface area contributed by atoms with Gasteiger partial charge in [0, 0.05) is 10.6 Å². The second kappa shape index (κ2) is 9.75. The molecule has 1 unspecified atom stereocenters. The third kappa shape index (κ3) is 5.72. The van der Waals surface area contributed by atoms with Gasteiger partial charge in [0.1, 0.15) is 6.04 Å². The lowest BCUT2D eigenvalue weighted by atomic mass is 10.0. The van der Waals surface area contributed by atoms with Crippen LogP contribution in [-0.4, -0.2) is 36.3 Å².